The van der Waals surface area contributed by atoms with Gasteiger partial charge >= 0.3 is 0 Å². The molecule has 3 heterocycles. The van der Waals surface area contributed by atoms with Crippen LogP contribution in [0.4, 0.5) is 8.78 Å². The molecule has 1 aromatic carbocycles. The van der Waals surface area contributed by atoms with E-state index in [-0.39, 0.29) is 60.8 Å². The summed E-state index contributed by atoms with van der Waals surface area (Å²) >= 11 is 0. The predicted molar refractivity (Wildman–Crippen MR) is 124 cm³/mol. The molecule has 3 aliphatic rings. The highest BCUT2D eigenvalue weighted by Gasteiger charge is 2.52. The summed E-state index contributed by atoms with van der Waals surface area (Å²) in [5.41, 5.74) is -0.502. The molecule has 8 nitrogen and oxygen atoms in total. The minimum atomic E-state index is -1.64. The van der Waals surface area contributed by atoms with Gasteiger partial charge in [-0.1, -0.05) is 0 Å². The van der Waals surface area contributed by atoms with Crippen LogP contribution >= 0.6 is 0 Å². The molecule has 11 heteroatoms. The highest BCUT2D eigenvalue weighted by atomic mass is 28.1. The number of halogens is 2. The number of pyridine rings is 1. The van der Waals surface area contributed by atoms with Gasteiger partial charge in [0.25, 0.3) is 11.8 Å². The third-order valence-corrected chi connectivity index (χ3v) is 8.38. The number of nitrogens with zero attached hydrogens (tertiary/aromatic N) is 2. The first-order valence-electron chi connectivity index (χ1n) is 11.5. The number of carbonyl (C=O) groups excluding carboxylic acids is 4. The zero-order valence-electron chi connectivity index (χ0n) is 19.0. The maximum absolute atomic E-state index is 15.0. The number of carbonyl (C=O) groups is 4. The van der Waals surface area contributed by atoms with Crippen molar-refractivity contribution in [3.05, 3.63) is 64.7 Å². The molecule has 2 N–H and O–H groups in total. The summed E-state index contributed by atoms with van der Waals surface area (Å²) in [7, 11) is 0.478. The number of rotatable bonds is 5. The minimum absolute atomic E-state index is 0.159. The number of aromatic nitrogens is 1. The molecule has 182 valence electrons. The van der Waals surface area contributed by atoms with Gasteiger partial charge in [0.1, 0.15) is 17.5 Å². The molecular weight excluding hydrogens is 474 g/mol. The summed E-state index contributed by atoms with van der Waals surface area (Å²) in [4.78, 5) is 55.8. The number of hydrogen-bond acceptors (Lipinski definition) is 5. The summed E-state index contributed by atoms with van der Waals surface area (Å²) in [6, 6.07) is 5.79. The van der Waals surface area contributed by atoms with E-state index in [4.69, 9.17) is 0 Å². The fourth-order valence-electron chi connectivity index (χ4n) is 4.84. The van der Waals surface area contributed by atoms with Gasteiger partial charge in [-0.3, -0.25) is 29.5 Å². The van der Waals surface area contributed by atoms with Gasteiger partial charge in [0, 0.05) is 45.9 Å². The largest absolute Gasteiger partial charge is 0.340 e. The van der Waals surface area contributed by atoms with E-state index in [1.165, 1.54) is 18.2 Å². The first-order chi connectivity index (χ1) is 16.7. The molecule has 2 aliphatic heterocycles. The van der Waals surface area contributed by atoms with Crippen LogP contribution in [0, 0.1) is 5.82 Å². The zero-order valence-corrected chi connectivity index (χ0v) is 21.0. The van der Waals surface area contributed by atoms with Gasteiger partial charge in [0.15, 0.2) is 0 Å². The van der Waals surface area contributed by atoms with Gasteiger partial charge < -0.3 is 10.2 Å². The van der Waals surface area contributed by atoms with Crippen LogP contribution in [-0.2, 0) is 16.1 Å². The Morgan fingerprint density at radius 2 is 2.00 bits per heavy atom. The van der Waals surface area contributed by atoms with Crippen LogP contribution in [0.3, 0.4) is 0 Å². The Kier molecular flexibility index (Phi) is 5.74. The van der Waals surface area contributed by atoms with Crippen molar-refractivity contribution >= 4 is 33.9 Å². The summed E-state index contributed by atoms with van der Waals surface area (Å²) in [5, 5.41) is 5.06. The number of benzene rings is 1. The average molecular weight is 499 g/mol. The monoisotopic (exact) mass is 498 g/mol. The van der Waals surface area contributed by atoms with Gasteiger partial charge in [-0.05, 0) is 55.2 Å². The summed E-state index contributed by atoms with van der Waals surface area (Å²) in [6.45, 7) is 0.218. The maximum Gasteiger partial charge on any atom is 0.254 e. The number of alkyl halides is 1. The molecule has 0 bridgehead atoms. The van der Waals surface area contributed by atoms with Crippen LogP contribution in [0.1, 0.15) is 63.7 Å². The lowest BCUT2D eigenvalue weighted by Crippen LogP contribution is -2.42. The first-order valence-corrected chi connectivity index (χ1v) is 12.7. The van der Waals surface area contributed by atoms with Gasteiger partial charge in [0.05, 0.1) is 11.9 Å². The molecule has 0 spiro atoms. The average Bonchev–Trinajstić information content (AvgIpc) is 3.53. The number of nitrogens with one attached hydrogen (secondary N) is 2. The van der Waals surface area contributed by atoms with Crippen LogP contribution in [0.15, 0.2) is 36.5 Å². The molecule has 1 saturated heterocycles. The Bertz CT molecular complexity index is 1230. The van der Waals surface area contributed by atoms with Crippen molar-refractivity contribution < 1.29 is 28.0 Å². The first kappa shape index (κ1) is 23.3. The van der Waals surface area contributed by atoms with Crippen molar-refractivity contribution in [3.8, 4) is 0 Å². The topological polar surface area (TPSA) is 108 Å². The maximum atomic E-state index is 15.0. The molecule has 1 aliphatic carbocycles. The molecule has 1 unspecified atom stereocenters. The molecule has 4 amide bonds. The van der Waals surface area contributed by atoms with Crippen LogP contribution in [0.2, 0.25) is 5.54 Å². The van der Waals surface area contributed by atoms with Crippen molar-refractivity contribution in [2.45, 2.75) is 55.5 Å². The molecule has 1 saturated carbocycles. The zero-order chi connectivity index (χ0) is 24.9. The Balaban J connectivity index is 1.36. The van der Waals surface area contributed by atoms with Crippen molar-refractivity contribution in [1.82, 2.24) is 20.5 Å². The van der Waals surface area contributed by atoms with E-state index in [0.717, 1.165) is 6.20 Å². The van der Waals surface area contributed by atoms with E-state index >= 15 is 4.39 Å². The fourth-order valence-corrected chi connectivity index (χ4v) is 5.68. The van der Waals surface area contributed by atoms with Crippen LogP contribution < -0.4 is 10.6 Å². The van der Waals surface area contributed by atoms with Crippen molar-refractivity contribution in [2.75, 3.05) is 0 Å². The highest BCUT2D eigenvalue weighted by Crippen LogP contribution is 2.49. The van der Waals surface area contributed by atoms with Gasteiger partial charge in [-0.15, -0.1) is 0 Å². The van der Waals surface area contributed by atoms with E-state index in [2.05, 4.69) is 15.6 Å². The van der Waals surface area contributed by atoms with Gasteiger partial charge in [-0.2, -0.15) is 0 Å². The quantitative estimate of drug-likeness (QED) is 0.474. The third kappa shape index (κ3) is 4.35. The normalized spacial score (nSPS) is 23.9. The molecule has 3 atom stereocenters. The predicted octanol–water partition coefficient (Wildman–Crippen LogP) is 1.11. The van der Waals surface area contributed by atoms with E-state index in [0.29, 0.717) is 27.8 Å². The third-order valence-electron chi connectivity index (χ3n) is 7.09. The number of amides is 4. The Morgan fingerprint density at radius 1 is 1.23 bits per heavy atom. The van der Waals surface area contributed by atoms with Gasteiger partial charge in [0.2, 0.25) is 11.8 Å². The lowest BCUT2D eigenvalue weighted by molar-refractivity contribution is -0.129. The Morgan fingerprint density at radius 3 is 2.69 bits per heavy atom. The fraction of sp³-hybridized carbons (Fsp3) is 0.375. The standard InChI is InChI=1S/C24H24F2N4O4Si/c25-14-2-4-16(27-10-14)20(24(26)7-8-24)29-21(32)12-1-3-15-13(9-12)11-30(23(15)34)17-5-6-18(31)28-22(33)19(17)35/h1-4,9-10,17,19-20H,5-8,11H2,35H3,(H,29,32)(H,28,31,33)/t17-,19?,20+/m0/s1. The molecule has 2 aromatic rings. The molecular formula is C24H24F2N4O4Si. The second kappa shape index (κ2) is 8.63. The van der Waals surface area contributed by atoms with Crippen LogP contribution in [0.5, 0.6) is 0 Å². The van der Waals surface area contributed by atoms with E-state index in [9.17, 15) is 23.6 Å². The number of hydrogen-bond donors (Lipinski definition) is 2. The second-order valence-corrected chi connectivity index (χ2v) is 10.7. The van der Waals surface area contributed by atoms with Gasteiger partial charge in [-0.25, -0.2) is 8.78 Å². The summed E-state index contributed by atoms with van der Waals surface area (Å²) < 4.78 is 28.3. The van der Waals surface area contributed by atoms with Crippen molar-refractivity contribution in [3.63, 3.8) is 0 Å². The highest BCUT2D eigenvalue weighted by molar-refractivity contribution is 6.26. The molecule has 35 heavy (non-hydrogen) atoms. The summed E-state index contributed by atoms with van der Waals surface area (Å²) in [5.74, 6) is -2.02. The van der Waals surface area contributed by atoms with Crippen LogP contribution in [-0.4, -0.2) is 55.5 Å². The molecule has 1 aromatic heterocycles. The SMILES string of the molecule is O=C1CC[C@H](N2Cc3cc(C(=O)N[C@H](c4ccc(F)cn4)C4(F)CC4)ccc3C2=O)C([SiH3])C(=O)N1. The van der Waals surface area contributed by atoms with Crippen molar-refractivity contribution in [1.29, 1.82) is 0 Å². The van der Waals surface area contributed by atoms with Crippen molar-refractivity contribution in [2.24, 2.45) is 0 Å². The second-order valence-electron chi connectivity index (χ2n) is 9.45. The lowest BCUT2D eigenvalue weighted by Gasteiger charge is -2.30. The Hall–Kier alpha value is -3.47. The minimum Gasteiger partial charge on any atom is -0.340 e. The number of fused-ring (bicyclic) bond motifs is 1. The van der Waals surface area contributed by atoms with E-state index < -0.39 is 29.0 Å². The van der Waals surface area contributed by atoms with E-state index in [1.807, 2.05) is 0 Å². The van der Waals surface area contributed by atoms with E-state index in [1.54, 1.807) is 17.0 Å². The smallest absolute Gasteiger partial charge is 0.254 e. The molecule has 0 radical (unpaired) electrons. The molecule has 5 rings (SSSR count). The summed E-state index contributed by atoms with van der Waals surface area (Å²) in [6.07, 6.45) is 2.07. The number of imide groups is 1. The lowest BCUT2D eigenvalue weighted by atomic mass is 10.0. The van der Waals surface area contributed by atoms with Crippen LogP contribution in [0.25, 0.3) is 0 Å². The molecule has 2 fully saturated rings. The Labute approximate surface area is 202 Å².